The fraction of sp³-hybridized carbons (Fsp3) is 0.571. The first kappa shape index (κ1) is 12.0. The van der Waals surface area contributed by atoms with E-state index in [4.69, 9.17) is 4.74 Å². The zero-order chi connectivity index (χ0) is 11.7. The lowest BCUT2D eigenvalue weighted by Gasteiger charge is -2.18. The lowest BCUT2D eigenvalue weighted by atomic mass is 9.97. The predicted octanol–water partition coefficient (Wildman–Crippen LogP) is 4.11. The molecule has 3 atom stereocenters. The Bertz CT molecular complexity index is 373. The third-order valence-electron chi connectivity index (χ3n) is 3.38. The monoisotopic (exact) mass is 282 g/mol. The van der Waals surface area contributed by atoms with Gasteiger partial charge in [-0.05, 0) is 30.9 Å². The van der Waals surface area contributed by atoms with E-state index in [9.17, 15) is 0 Å². The molecular weight excluding hydrogens is 264 g/mol. The van der Waals surface area contributed by atoms with Gasteiger partial charge in [0.15, 0.2) is 0 Å². The molecule has 1 aromatic rings. The fourth-order valence-corrected chi connectivity index (χ4v) is 2.40. The number of aryl methyl sites for hydroxylation is 1. The van der Waals surface area contributed by atoms with Crippen LogP contribution in [0.4, 0.5) is 0 Å². The molecule has 0 bridgehead atoms. The van der Waals surface area contributed by atoms with Gasteiger partial charge in [-0.25, -0.2) is 0 Å². The van der Waals surface area contributed by atoms with E-state index in [1.165, 1.54) is 11.1 Å². The molecule has 0 N–H and O–H groups in total. The summed E-state index contributed by atoms with van der Waals surface area (Å²) >= 11 is 3.64. The van der Waals surface area contributed by atoms with E-state index in [0.29, 0.717) is 16.8 Å². The van der Waals surface area contributed by atoms with Crippen molar-refractivity contribution in [2.45, 2.75) is 44.5 Å². The summed E-state index contributed by atoms with van der Waals surface area (Å²) in [6.07, 6.45) is 2.56. The molecular formula is C14H19BrO. The first-order valence-corrected chi connectivity index (χ1v) is 6.88. The molecule has 0 radical (unpaired) electrons. The molecule has 0 spiro atoms. The van der Waals surface area contributed by atoms with E-state index in [-0.39, 0.29) is 0 Å². The van der Waals surface area contributed by atoms with Gasteiger partial charge < -0.3 is 4.74 Å². The molecule has 0 saturated carbocycles. The molecule has 0 aliphatic carbocycles. The van der Waals surface area contributed by atoms with Crippen molar-refractivity contribution in [3.05, 3.63) is 29.3 Å². The van der Waals surface area contributed by atoms with E-state index in [0.717, 1.165) is 18.6 Å². The van der Waals surface area contributed by atoms with Gasteiger partial charge in [0.05, 0.1) is 0 Å². The zero-order valence-electron chi connectivity index (χ0n) is 10.2. The summed E-state index contributed by atoms with van der Waals surface area (Å²) in [5.74, 6) is 1.74. The van der Waals surface area contributed by atoms with Crippen molar-refractivity contribution in [2.75, 3.05) is 0 Å². The molecule has 0 aromatic heterocycles. The molecule has 0 amide bonds. The molecule has 16 heavy (non-hydrogen) atoms. The number of hydrogen-bond donors (Lipinski definition) is 0. The topological polar surface area (TPSA) is 9.23 Å². The van der Waals surface area contributed by atoms with Gasteiger partial charge in [-0.2, -0.15) is 0 Å². The summed E-state index contributed by atoms with van der Waals surface area (Å²) in [6.45, 7) is 6.62. The SMILES string of the molecule is Cc1ccc2c(c1)CC(CC(C)C(C)Br)O2. The molecule has 2 heteroatoms. The Balaban J connectivity index is 2.00. The minimum absolute atomic E-state index is 0.367. The minimum atomic E-state index is 0.367. The highest BCUT2D eigenvalue weighted by molar-refractivity contribution is 9.09. The van der Waals surface area contributed by atoms with E-state index >= 15 is 0 Å². The Morgan fingerprint density at radius 2 is 2.19 bits per heavy atom. The molecule has 1 nitrogen and oxygen atoms in total. The molecule has 0 saturated heterocycles. The zero-order valence-corrected chi connectivity index (χ0v) is 11.8. The highest BCUT2D eigenvalue weighted by Crippen LogP contribution is 2.32. The molecule has 0 fully saturated rings. The maximum Gasteiger partial charge on any atom is 0.123 e. The van der Waals surface area contributed by atoms with Crippen molar-refractivity contribution in [1.29, 1.82) is 0 Å². The third-order valence-corrected chi connectivity index (χ3v) is 4.28. The second-order valence-electron chi connectivity index (χ2n) is 4.95. The number of benzene rings is 1. The van der Waals surface area contributed by atoms with Crippen LogP contribution in [0.25, 0.3) is 0 Å². The Labute approximate surface area is 106 Å². The lowest BCUT2D eigenvalue weighted by Crippen LogP contribution is -2.20. The number of alkyl halides is 1. The second-order valence-corrected chi connectivity index (χ2v) is 6.39. The summed E-state index contributed by atoms with van der Waals surface area (Å²) in [5.41, 5.74) is 2.70. The van der Waals surface area contributed by atoms with Crippen LogP contribution in [0.3, 0.4) is 0 Å². The van der Waals surface area contributed by atoms with Crippen molar-refractivity contribution in [3.8, 4) is 5.75 Å². The Kier molecular flexibility index (Phi) is 3.58. The van der Waals surface area contributed by atoms with Gasteiger partial charge in [0, 0.05) is 11.2 Å². The van der Waals surface area contributed by atoms with Gasteiger partial charge in [-0.3, -0.25) is 0 Å². The van der Waals surface area contributed by atoms with Crippen LogP contribution in [0.15, 0.2) is 18.2 Å². The molecule has 3 unspecified atom stereocenters. The van der Waals surface area contributed by atoms with Crippen molar-refractivity contribution in [2.24, 2.45) is 5.92 Å². The highest BCUT2D eigenvalue weighted by atomic mass is 79.9. The molecule has 1 aromatic carbocycles. The largest absolute Gasteiger partial charge is 0.490 e. The van der Waals surface area contributed by atoms with Gasteiger partial charge in [-0.15, -0.1) is 0 Å². The summed E-state index contributed by atoms with van der Waals surface area (Å²) in [6, 6.07) is 6.47. The number of fused-ring (bicyclic) bond motifs is 1. The Morgan fingerprint density at radius 3 is 2.88 bits per heavy atom. The number of hydrogen-bond acceptors (Lipinski definition) is 1. The van der Waals surface area contributed by atoms with Crippen LogP contribution >= 0.6 is 15.9 Å². The smallest absolute Gasteiger partial charge is 0.123 e. The predicted molar refractivity (Wildman–Crippen MR) is 71.5 cm³/mol. The normalized spacial score (nSPS) is 22.4. The maximum atomic E-state index is 5.96. The summed E-state index contributed by atoms with van der Waals surface area (Å²) in [4.78, 5) is 0.557. The van der Waals surface area contributed by atoms with Crippen LogP contribution in [0.1, 0.15) is 31.4 Å². The van der Waals surface area contributed by atoms with Crippen molar-refractivity contribution < 1.29 is 4.74 Å². The van der Waals surface area contributed by atoms with Crippen LogP contribution in [0.2, 0.25) is 0 Å². The van der Waals surface area contributed by atoms with Crippen molar-refractivity contribution in [1.82, 2.24) is 0 Å². The standard InChI is InChI=1S/C14H19BrO/c1-9-4-5-14-12(6-9)8-13(16-14)7-10(2)11(3)15/h4-6,10-11,13H,7-8H2,1-3H3. The average Bonchev–Trinajstić information content (AvgIpc) is 2.58. The summed E-state index contributed by atoms with van der Waals surface area (Å²) < 4.78 is 5.96. The second kappa shape index (κ2) is 4.79. The Morgan fingerprint density at radius 1 is 1.44 bits per heavy atom. The number of ether oxygens (including phenoxy) is 1. The first-order chi connectivity index (χ1) is 7.56. The van der Waals surface area contributed by atoms with Gasteiger partial charge in [0.25, 0.3) is 0 Å². The van der Waals surface area contributed by atoms with Gasteiger partial charge in [0.2, 0.25) is 0 Å². The maximum absolute atomic E-state index is 5.96. The van der Waals surface area contributed by atoms with Crippen LogP contribution < -0.4 is 4.74 Å². The number of rotatable bonds is 3. The molecule has 1 heterocycles. The minimum Gasteiger partial charge on any atom is -0.490 e. The van der Waals surface area contributed by atoms with E-state index in [2.05, 4.69) is 54.9 Å². The van der Waals surface area contributed by atoms with Crippen LogP contribution in [-0.2, 0) is 6.42 Å². The van der Waals surface area contributed by atoms with Crippen LogP contribution in [0, 0.1) is 12.8 Å². The van der Waals surface area contributed by atoms with Crippen molar-refractivity contribution in [3.63, 3.8) is 0 Å². The summed E-state index contributed by atoms with van der Waals surface area (Å²) in [5, 5.41) is 0. The van der Waals surface area contributed by atoms with Gasteiger partial charge >= 0.3 is 0 Å². The van der Waals surface area contributed by atoms with Gasteiger partial charge in [-0.1, -0.05) is 47.5 Å². The Hall–Kier alpha value is -0.500. The summed E-state index contributed by atoms with van der Waals surface area (Å²) in [7, 11) is 0. The molecule has 1 aliphatic rings. The quantitative estimate of drug-likeness (QED) is 0.759. The molecule has 1 aliphatic heterocycles. The average molecular weight is 283 g/mol. The molecule has 2 rings (SSSR count). The van der Waals surface area contributed by atoms with Crippen LogP contribution in [0.5, 0.6) is 5.75 Å². The van der Waals surface area contributed by atoms with E-state index in [1.807, 2.05) is 0 Å². The van der Waals surface area contributed by atoms with Crippen molar-refractivity contribution >= 4 is 15.9 Å². The molecule has 88 valence electrons. The fourth-order valence-electron chi connectivity index (χ4n) is 2.18. The third kappa shape index (κ3) is 2.60. The lowest BCUT2D eigenvalue weighted by molar-refractivity contribution is 0.198. The number of halogens is 1. The van der Waals surface area contributed by atoms with Gasteiger partial charge in [0.1, 0.15) is 11.9 Å². The van der Waals surface area contributed by atoms with E-state index < -0.39 is 0 Å². The van der Waals surface area contributed by atoms with Crippen LogP contribution in [-0.4, -0.2) is 10.9 Å². The first-order valence-electron chi connectivity index (χ1n) is 5.96. The highest BCUT2D eigenvalue weighted by Gasteiger charge is 2.25. The van der Waals surface area contributed by atoms with E-state index in [1.54, 1.807) is 0 Å².